The molecule has 0 unspecified atom stereocenters. The average Bonchev–Trinajstić information content (AvgIpc) is 2.80. The van der Waals surface area contributed by atoms with Gasteiger partial charge in [-0.2, -0.15) is 4.31 Å². The van der Waals surface area contributed by atoms with E-state index < -0.39 is 10.0 Å². The molecule has 2 saturated heterocycles. The monoisotopic (exact) mass is 459 g/mol. The predicted octanol–water partition coefficient (Wildman–Crippen LogP) is 0.606. The molecule has 2 aliphatic heterocycles. The maximum Gasteiger partial charge on any atom is 0.229 e. The van der Waals surface area contributed by atoms with E-state index >= 15 is 0 Å². The third-order valence-corrected chi connectivity index (χ3v) is 7.34. The van der Waals surface area contributed by atoms with Crippen LogP contribution in [0, 0.1) is 0 Å². The number of amides is 2. The summed E-state index contributed by atoms with van der Waals surface area (Å²) in [6, 6.07) is 7.32. The van der Waals surface area contributed by atoms with E-state index in [2.05, 4.69) is 20.3 Å². The molecule has 170 valence electrons. The van der Waals surface area contributed by atoms with Gasteiger partial charge in [-0.25, -0.2) is 23.4 Å². The minimum absolute atomic E-state index is 0.0886. The van der Waals surface area contributed by atoms with Gasteiger partial charge in [-0.05, 0) is 18.6 Å². The molecule has 2 fully saturated rings. The fourth-order valence-corrected chi connectivity index (χ4v) is 5.13. The minimum atomic E-state index is -3.58. The molecule has 2 aromatic heterocycles. The fraction of sp³-hybridized carbons (Fsp3) is 0.450. The SMILES string of the molecule is O=C1CCCC(=O)N1CCS(=O)(=O)N1CCN(c2cc(Nc3ccccn3)ncn2)CC1. The van der Waals surface area contributed by atoms with Crippen molar-refractivity contribution < 1.29 is 18.0 Å². The Morgan fingerprint density at radius 3 is 2.38 bits per heavy atom. The van der Waals surface area contributed by atoms with E-state index in [1.807, 2.05) is 23.1 Å². The van der Waals surface area contributed by atoms with Crippen molar-refractivity contribution >= 4 is 39.3 Å². The summed E-state index contributed by atoms with van der Waals surface area (Å²) in [7, 11) is -3.58. The van der Waals surface area contributed by atoms with Gasteiger partial charge in [-0.3, -0.25) is 14.5 Å². The number of nitrogens with one attached hydrogen (secondary N) is 1. The molecule has 1 N–H and O–H groups in total. The summed E-state index contributed by atoms with van der Waals surface area (Å²) in [5.41, 5.74) is 0. The number of imide groups is 1. The van der Waals surface area contributed by atoms with Gasteiger partial charge in [0.25, 0.3) is 0 Å². The highest BCUT2D eigenvalue weighted by Crippen LogP contribution is 2.20. The molecule has 0 atom stereocenters. The Morgan fingerprint density at radius 2 is 1.69 bits per heavy atom. The Labute approximate surface area is 186 Å². The zero-order valence-corrected chi connectivity index (χ0v) is 18.4. The van der Waals surface area contributed by atoms with Crippen LogP contribution in [-0.4, -0.2) is 82.9 Å². The number of carbonyl (C=O) groups excluding carboxylic acids is 2. The number of rotatable bonds is 7. The number of pyridine rings is 1. The number of hydrogen-bond donors (Lipinski definition) is 1. The first-order chi connectivity index (χ1) is 15.4. The first-order valence-corrected chi connectivity index (χ1v) is 12.1. The summed E-state index contributed by atoms with van der Waals surface area (Å²) in [5.74, 6) is 1.12. The lowest BCUT2D eigenvalue weighted by molar-refractivity contribution is -0.147. The zero-order valence-electron chi connectivity index (χ0n) is 17.6. The van der Waals surface area contributed by atoms with Crippen LogP contribution in [0.15, 0.2) is 36.8 Å². The Bertz CT molecular complexity index is 1060. The highest BCUT2D eigenvalue weighted by atomic mass is 32.2. The summed E-state index contributed by atoms with van der Waals surface area (Å²) in [5, 5.41) is 3.12. The zero-order chi connectivity index (χ0) is 22.6. The minimum Gasteiger partial charge on any atom is -0.354 e. The topological polar surface area (TPSA) is 129 Å². The van der Waals surface area contributed by atoms with Crippen LogP contribution in [-0.2, 0) is 19.6 Å². The van der Waals surface area contributed by atoms with E-state index in [0.717, 1.165) is 4.90 Å². The van der Waals surface area contributed by atoms with Gasteiger partial charge in [-0.15, -0.1) is 0 Å². The van der Waals surface area contributed by atoms with Gasteiger partial charge in [0.05, 0.1) is 5.75 Å². The normalized spacial score (nSPS) is 18.1. The first kappa shape index (κ1) is 22.1. The summed E-state index contributed by atoms with van der Waals surface area (Å²) in [4.78, 5) is 39.6. The molecule has 4 heterocycles. The summed E-state index contributed by atoms with van der Waals surface area (Å²) < 4.78 is 26.9. The third-order valence-electron chi connectivity index (χ3n) is 5.49. The molecule has 4 rings (SSSR count). The van der Waals surface area contributed by atoms with Crippen LogP contribution in [0.4, 0.5) is 17.5 Å². The average molecular weight is 460 g/mol. The van der Waals surface area contributed by atoms with Crippen molar-refractivity contribution in [3.63, 3.8) is 0 Å². The molecule has 2 aliphatic rings. The first-order valence-electron chi connectivity index (χ1n) is 10.5. The smallest absolute Gasteiger partial charge is 0.229 e. The lowest BCUT2D eigenvalue weighted by atomic mass is 10.1. The van der Waals surface area contributed by atoms with Crippen LogP contribution in [0.25, 0.3) is 0 Å². The molecule has 0 aliphatic carbocycles. The number of likely N-dealkylation sites (tertiary alicyclic amines) is 1. The van der Waals surface area contributed by atoms with Crippen LogP contribution in [0.1, 0.15) is 19.3 Å². The molecule has 32 heavy (non-hydrogen) atoms. The van der Waals surface area contributed by atoms with E-state index in [1.54, 1.807) is 12.3 Å². The Kier molecular flexibility index (Phi) is 6.61. The Hall–Kier alpha value is -3.12. The summed E-state index contributed by atoms with van der Waals surface area (Å²) >= 11 is 0. The second-order valence-corrected chi connectivity index (χ2v) is 9.68. The van der Waals surface area contributed by atoms with Gasteiger partial charge in [0.2, 0.25) is 21.8 Å². The van der Waals surface area contributed by atoms with Crippen molar-refractivity contribution in [1.29, 1.82) is 0 Å². The van der Waals surface area contributed by atoms with E-state index in [4.69, 9.17) is 0 Å². The molecular weight excluding hydrogens is 434 g/mol. The number of anilines is 3. The highest BCUT2D eigenvalue weighted by Gasteiger charge is 2.31. The van der Waals surface area contributed by atoms with Crippen LogP contribution in [0.3, 0.4) is 0 Å². The maximum atomic E-state index is 12.8. The number of sulfonamides is 1. The maximum absolute atomic E-state index is 12.8. The molecule has 0 bridgehead atoms. The third kappa shape index (κ3) is 5.19. The van der Waals surface area contributed by atoms with Crippen LogP contribution >= 0.6 is 0 Å². The predicted molar refractivity (Wildman–Crippen MR) is 118 cm³/mol. The van der Waals surface area contributed by atoms with Crippen LogP contribution < -0.4 is 10.2 Å². The van der Waals surface area contributed by atoms with Gasteiger partial charge < -0.3 is 10.2 Å². The highest BCUT2D eigenvalue weighted by molar-refractivity contribution is 7.89. The second kappa shape index (κ2) is 9.57. The van der Waals surface area contributed by atoms with Gasteiger partial charge in [-0.1, -0.05) is 6.07 Å². The molecule has 0 spiro atoms. The molecule has 0 radical (unpaired) electrons. The molecular formula is C20H25N7O4S. The number of piperidine rings is 1. The number of piperazine rings is 1. The molecule has 2 aromatic rings. The van der Waals surface area contributed by atoms with Gasteiger partial charge in [0.15, 0.2) is 0 Å². The standard InChI is InChI=1S/C20H25N7O4S/c28-19-5-3-6-20(29)27(19)12-13-32(30,31)26-10-8-25(9-11-26)18-14-17(22-15-23-18)24-16-4-1-2-7-21-16/h1-2,4,7,14-15H,3,5-6,8-13H2,(H,21,22,23,24). The van der Waals surface area contributed by atoms with Crippen LogP contribution in [0.5, 0.6) is 0 Å². The summed E-state index contributed by atoms with van der Waals surface area (Å²) in [6.07, 6.45) is 4.25. The Morgan fingerprint density at radius 1 is 0.938 bits per heavy atom. The lowest BCUT2D eigenvalue weighted by Crippen LogP contribution is -2.51. The van der Waals surface area contributed by atoms with Crippen molar-refractivity contribution in [3.8, 4) is 0 Å². The molecule has 11 nitrogen and oxygen atoms in total. The molecule has 12 heteroatoms. The van der Waals surface area contributed by atoms with E-state index in [9.17, 15) is 18.0 Å². The lowest BCUT2D eigenvalue weighted by Gasteiger charge is -2.35. The molecule has 2 amide bonds. The molecule has 0 saturated carbocycles. The number of hydrogen-bond acceptors (Lipinski definition) is 9. The second-order valence-electron chi connectivity index (χ2n) is 7.60. The number of aromatic nitrogens is 3. The summed E-state index contributed by atoms with van der Waals surface area (Å²) in [6.45, 7) is 1.46. The van der Waals surface area contributed by atoms with Crippen molar-refractivity contribution in [2.75, 3.05) is 48.7 Å². The van der Waals surface area contributed by atoms with Crippen molar-refractivity contribution in [2.45, 2.75) is 19.3 Å². The van der Waals surface area contributed by atoms with Gasteiger partial charge in [0.1, 0.15) is 23.8 Å². The van der Waals surface area contributed by atoms with Gasteiger partial charge >= 0.3 is 0 Å². The number of nitrogens with zero attached hydrogens (tertiary/aromatic N) is 6. The van der Waals surface area contributed by atoms with E-state index in [0.29, 0.717) is 62.9 Å². The van der Waals surface area contributed by atoms with Crippen LogP contribution in [0.2, 0.25) is 0 Å². The van der Waals surface area contributed by atoms with Crippen molar-refractivity contribution in [3.05, 3.63) is 36.8 Å². The van der Waals surface area contributed by atoms with E-state index in [1.165, 1.54) is 10.6 Å². The van der Waals surface area contributed by atoms with Crippen molar-refractivity contribution in [1.82, 2.24) is 24.2 Å². The molecule has 0 aromatic carbocycles. The quantitative estimate of drug-likeness (QED) is 0.592. The van der Waals surface area contributed by atoms with E-state index in [-0.39, 0.29) is 24.1 Å². The Balaban J connectivity index is 1.33. The van der Waals surface area contributed by atoms with Crippen molar-refractivity contribution in [2.24, 2.45) is 0 Å². The largest absolute Gasteiger partial charge is 0.354 e. The fourth-order valence-electron chi connectivity index (χ4n) is 3.74. The van der Waals surface area contributed by atoms with Gasteiger partial charge in [0, 0.05) is 57.8 Å². The number of carbonyl (C=O) groups is 2.